The van der Waals surface area contributed by atoms with E-state index in [0.29, 0.717) is 30.0 Å². The van der Waals surface area contributed by atoms with Crippen molar-refractivity contribution >= 4 is 5.84 Å². The summed E-state index contributed by atoms with van der Waals surface area (Å²) in [6, 6.07) is 1.76. The minimum absolute atomic E-state index is 0.511. The summed E-state index contributed by atoms with van der Waals surface area (Å²) in [6.07, 6.45) is 0. The zero-order chi connectivity index (χ0) is 13.4. The topological polar surface area (TPSA) is 12.4 Å². The second kappa shape index (κ2) is 5.09. The van der Waals surface area contributed by atoms with Crippen molar-refractivity contribution in [1.29, 1.82) is 0 Å². The van der Waals surface area contributed by atoms with Gasteiger partial charge in [0, 0.05) is 5.92 Å². The molecule has 0 bridgehead atoms. The van der Waals surface area contributed by atoms with Crippen molar-refractivity contribution in [3.63, 3.8) is 0 Å². The summed E-state index contributed by atoms with van der Waals surface area (Å²) in [5.74, 6) is 2.64. The molecule has 0 aromatic carbocycles. The quantitative estimate of drug-likeness (QED) is 0.663. The molecule has 1 aliphatic heterocycles. The average Bonchev–Trinajstić information content (AvgIpc) is 2.58. The van der Waals surface area contributed by atoms with Gasteiger partial charge in [0.1, 0.15) is 12.6 Å². The van der Waals surface area contributed by atoms with Crippen molar-refractivity contribution < 1.29 is 4.48 Å². The largest absolute Gasteiger partial charge is 0.273 e. The Hall–Kier alpha value is -0.370. The number of aliphatic imine (C=N–C) groups is 1. The maximum Gasteiger partial charge on any atom is 0.201 e. The summed E-state index contributed by atoms with van der Waals surface area (Å²) >= 11 is 0. The number of quaternary nitrogens is 1. The molecular formula is C15H31N2+. The summed E-state index contributed by atoms with van der Waals surface area (Å²) in [5.41, 5.74) is 0. The van der Waals surface area contributed by atoms with E-state index < -0.39 is 0 Å². The lowest BCUT2D eigenvalue weighted by Gasteiger charge is -2.44. The van der Waals surface area contributed by atoms with Crippen LogP contribution in [0.5, 0.6) is 0 Å². The van der Waals surface area contributed by atoms with E-state index in [1.54, 1.807) is 0 Å². The minimum atomic E-state index is 0.511. The molecule has 0 aromatic rings. The van der Waals surface area contributed by atoms with Gasteiger partial charge in [0.05, 0.1) is 12.1 Å². The van der Waals surface area contributed by atoms with Gasteiger partial charge in [-0.2, -0.15) is 0 Å². The van der Waals surface area contributed by atoms with Gasteiger partial charge in [-0.25, -0.2) is 4.99 Å². The predicted molar refractivity (Wildman–Crippen MR) is 76.3 cm³/mol. The van der Waals surface area contributed by atoms with Gasteiger partial charge in [-0.3, -0.25) is 4.48 Å². The Labute approximate surface area is 108 Å². The molecule has 2 heteroatoms. The van der Waals surface area contributed by atoms with Crippen LogP contribution in [0.3, 0.4) is 0 Å². The van der Waals surface area contributed by atoms with Crippen LogP contribution in [0.15, 0.2) is 4.99 Å². The molecule has 1 unspecified atom stereocenters. The second-order valence-corrected chi connectivity index (χ2v) is 6.75. The lowest BCUT2D eigenvalue weighted by atomic mass is 10.0. The molecule has 0 saturated carbocycles. The third kappa shape index (κ3) is 2.42. The summed E-state index contributed by atoms with van der Waals surface area (Å²) < 4.78 is 1.10. The summed E-state index contributed by atoms with van der Waals surface area (Å²) in [6.45, 7) is 19.8. The Morgan fingerprint density at radius 3 is 1.65 bits per heavy atom. The van der Waals surface area contributed by atoms with Crippen LogP contribution in [-0.2, 0) is 0 Å². The van der Waals surface area contributed by atoms with Gasteiger partial charge in [-0.1, -0.05) is 27.7 Å². The first-order chi connectivity index (χ1) is 7.73. The van der Waals surface area contributed by atoms with Crippen LogP contribution in [0.2, 0.25) is 0 Å². The van der Waals surface area contributed by atoms with Gasteiger partial charge in [0.25, 0.3) is 0 Å². The summed E-state index contributed by atoms with van der Waals surface area (Å²) in [4.78, 5) is 5.07. The molecule has 1 atom stereocenters. The number of hydrogen-bond acceptors (Lipinski definition) is 1. The van der Waals surface area contributed by atoms with Crippen molar-refractivity contribution in [3.05, 3.63) is 0 Å². The van der Waals surface area contributed by atoms with Crippen molar-refractivity contribution in [1.82, 2.24) is 0 Å². The van der Waals surface area contributed by atoms with Gasteiger partial charge < -0.3 is 0 Å². The van der Waals surface area contributed by atoms with E-state index in [1.165, 1.54) is 12.4 Å². The molecule has 2 nitrogen and oxygen atoms in total. The molecule has 100 valence electrons. The number of rotatable bonds is 4. The third-order valence-electron chi connectivity index (χ3n) is 4.34. The molecule has 1 rings (SSSR count). The Morgan fingerprint density at radius 2 is 1.41 bits per heavy atom. The molecule has 0 N–H and O–H groups in total. The Morgan fingerprint density at radius 1 is 0.941 bits per heavy atom. The summed E-state index contributed by atoms with van der Waals surface area (Å²) in [5, 5.41) is 0. The first-order valence-electron chi connectivity index (χ1n) is 7.19. The molecule has 0 fully saturated rings. The zero-order valence-corrected chi connectivity index (χ0v) is 13.0. The monoisotopic (exact) mass is 239 g/mol. The summed E-state index contributed by atoms with van der Waals surface area (Å²) in [7, 11) is 0. The van der Waals surface area contributed by atoms with E-state index in [4.69, 9.17) is 4.99 Å². The Balaban J connectivity index is 3.18. The highest BCUT2D eigenvalue weighted by atomic mass is 15.5. The molecular weight excluding hydrogens is 208 g/mol. The van der Waals surface area contributed by atoms with Gasteiger partial charge in [0.2, 0.25) is 5.84 Å². The van der Waals surface area contributed by atoms with E-state index in [-0.39, 0.29) is 0 Å². The van der Waals surface area contributed by atoms with Crippen LogP contribution in [0.1, 0.15) is 55.4 Å². The standard InChI is InChI=1S/C15H31N2/c1-10(2)14-9-17(12(5)6,13(7)8)15(16-14)11(3)4/h10-14H,9H2,1-8H3/q+1. The van der Waals surface area contributed by atoms with Crippen molar-refractivity contribution in [2.75, 3.05) is 6.54 Å². The van der Waals surface area contributed by atoms with Crippen LogP contribution in [0.4, 0.5) is 0 Å². The lowest BCUT2D eigenvalue weighted by Crippen LogP contribution is -2.61. The normalized spacial score (nSPS) is 24.2. The molecule has 17 heavy (non-hydrogen) atoms. The predicted octanol–water partition coefficient (Wildman–Crippen LogP) is 3.71. The third-order valence-corrected chi connectivity index (χ3v) is 4.34. The fraction of sp³-hybridized carbons (Fsp3) is 0.933. The fourth-order valence-electron chi connectivity index (χ4n) is 3.26. The highest BCUT2D eigenvalue weighted by Gasteiger charge is 2.48. The van der Waals surface area contributed by atoms with Gasteiger partial charge in [-0.15, -0.1) is 0 Å². The smallest absolute Gasteiger partial charge is 0.201 e. The van der Waals surface area contributed by atoms with E-state index >= 15 is 0 Å². The van der Waals surface area contributed by atoms with Crippen molar-refractivity contribution in [2.24, 2.45) is 16.8 Å². The van der Waals surface area contributed by atoms with Crippen LogP contribution in [0, 0.1) is 11.8 Å². The van der Waals surface area contributed by atoms with Crippen LogP contribution >= 0.6 is 0 Å². The molecule has 0 spiro atoms. The Kier molecular flexibility index (Phi) is 4.40. The van der Waals surface area contributed by atoms with Crippen LogP contribution < -0.4 is 0 Å². The van der Waals surface area contributed by atoms with E-state index in [0.717, 1.165) is 4.48 Å². The molecule has 1 aliphatic rings. The van der Waals surface area contributed by atoms with E-state index in [1.807, 2.05) is 0 Å². The zero-order valence-electron chi connectivity index (χ0n) is 13.0. The van der Waals surface area contributed by atoms with Crippen LogP contribution in [0.25, 0.3) is 0 Å². The lowest BCUT2D eigenvalue weighted by molar-refractivity contribution is -0.882. The van der Waals surface area contributed by atoms with E-state index in [9.17, 15) is 0 Å². The first-order valence-corrected chi connectivity index (χ1v) is 7.19. The number of nitrogens with zero attached hydrogens (tertiary/aromatic N) is 2. The van der Waals surface area contributed by atoms with Crippen LogP contribution in [-0.4, -0.2) is 35.0 Å². The number of amidine groups is 1. The van der Waals surface area contributed by atoms with Crippen molar-refractivity contribution in [3.8, 4) is 0 Å². The molecule has 1 heterocycles. The maximum atomic E-state index is 5.07. The number of hydrogen-bond donors (Lipinski definition) is 0. The molecule has 0 aromatic heterocycles. The average molecular weight is 239 g/mol. The minimum Gasteiger partial charge on any atom is -0.273 e. The highest BCUT2D eigenvalue weighted by molar-refractivity contribution is 5.79. The fourth-order valence-corrected chi connectivity index (χ4v) is 3.26. The highest BCUT2D eigenvalue weighted by Crippen LogP contribution is 2.33. The first kappa shape index (κ1) is 14.7. The Bertz CT molecular complexity index is 279. The maximum absolute atomic E-state index is 5.07. The van der Waals surface area contributed by atoms with Gasteiger partial charge in [0.15, 0.2) is 0 Å². The van der Waals surface area contributed by atoms with E-state index in [2.05, 4.69) is 55.4 Å². The SMILES string of the molecule is CC(C)C1=NC(C(C)C)C[N+]1(C(C)C)C(C)C. The molecule has 0 saturated heterocycles. The molecule has 0 aliphatic carbocycles. The van der Waals surface area contributed by atoms with Gasteiger partial charge >= 0.3 is 0 Å². The molecule has 0 amide bonds. The van der Waals surface area contributed by atoms with Gasteiger partial charge in [-0.05, 0) is 33.6 Å². The van der Waals surface area contributed by atoms with Crippen molar-refractivity contribution in [2.45, 2.75) is 73.5 Å². The molecule has 0 radical (unpaired) electrons. The second-order valence-electron chi connectivity index (χ2n) is 6.75.